The lowest BCUT2D eigenvalue weighted by Gasteiger charge is -2.46. The van der Waals surface area contributed by atoms with Gasteiger partial charge in [-0.15, -0.1) is 10.2 Å². The smallest absolute Gasteiger partial charge is 0.163 e. The third-order valence-electron chi connectivity index (χ3n) is 3.32. The molecule has 0 radical (unpaired) electrons. The van der Waals surface area contributed by atoms with Gasteiger partial charge < -0.3 is 10.6 Å². The van der Waals surface area contributed by atoms with Crippen LogP contribution in [0.25, 0.3) is 0 Å². The number of nitrogens with one attached hydrogen (secondary N) is 2. The minimum absolute atomic E-state index is 0.0967. The van der Waals surface area contributed by atoms with Gasteiger partial charge in [0.1, 0.15) is 11.9 Å². The average molecular weight is 259 g/mol. The van der Waals surface area contributed by atoms with Gasteiger partial charge in [-0.25, -0.2) is 0 Å². The van der Waals surface area contributed by atoms with Gasteiger partial charge in [-0.05, 0) is 52.7 Å². The molecule has 5 nitrogen and oxygen atoms in total. The van der Waals surface area contributed by atoms with E-state index in [-0.39, 0.29) is 11.1 Å². The Morgan fingerprint density at radius 2 is 1.84 bits per heavy atom. The molecule has 1 fully saturated rings. The zero-order valence-corrected chi connectivity index (χ0v) is 12.0. The highest BCUT2D eigenvalue weighted by atomic mass is 15.2. The number of hydrogen-bond donors (Lipinski definition) is 2. The summed E-state index contributed by atoms with van der Waals surface area (Å²) in [4.78, 5) is 0. The van der Waals surface area contributed by atoms with Crippen LogP contribution in [0.1, 0.15) is 46.2 Å². The Bertz CT molecular complexity index is 468. The van der Waals surface area contributed by atoms with Crippen LogP contribution in [-0.2, 0) is 0 Å². The summed E-state index contributed by atoms with van der Waals surface area (Å²) in [5.74, 6) is 0.734. The molecule has 1 aliphatic heterocycles. The van der Waals surface area contributed by atoms with Gasteiger partial charge in [0.2, 0.25) is 0 Å². The van der Waals surface area contributed by atoms with Crippen LogP contribution in [0.2, 0.25) is 0 Å². The summed E-state index contributed by atoms with van der Waals surface area (Å²) in [6.45, 7) is 8.86. The van der Waals surface area contributed by atoms with Crippen molar-refractivity contribution in [3.05, 3.63) is 17.8 Å². The van der Waals surface area contributed by atoms with E-state index in [1.165, 1.54) is 0 Å². The number of hydrogen-bond acceptors (Lipinski definition) is 5. The number of anilines is 1. The lowest BCUT2D eigenvalue weighted by atomic mass is 9.79. The van der Waals surface area contributed by atoms with E-state index >= 15 is 0 Å². The molecule has 0 aliphatic carbocycles. The fourth-order valence-electron chi connectivity index (χ4n) is 3.10. The quantitative estimate of drug-likeness (QED) is 0.850. The molecule has 0 bridgehead atoms. The largest absolute Gasteiger partial charge is 0.366 e. The van der Waals surface area contributed by atoms with Crippen molar-refractivity contribution in [2.75, 3.05) is 5.32 Å². The Kier molecular flexibility index (Phi) is 3.46. The SMILES string of the molecule is CC1(C)CC(Nc2ccc(C#N)nn2)CC(C)(C)N1. The molecule has 2 N–H and O–H groups in total. The second kappa shape index (κ2) is 4.78. The maximum Gasteiger partial charge on any atom is 0.163 e. The fraction of sp³-hybridized carbons (Fsp3) is 0.643. The first-order chi connectivity index (χ1) is 8.80. The maximum absolute atomic E-state index is 8.71. The average Bonchev–Trinajstić information content (AvgIpc) is 2.25. The third-order valence-corrected chi connectivity index (χ3v) is 3.32. The normalized spacial score (nSPS) is 21.6. The van der Waals surface area contributed by atoms with Gasteiger partial charge in [0.05, 0.1) is 0 Å². The Morgan fingerprint density at radius 1 is 1.21 bits per heavy atom. The van der Waals surface area contributed by atoms with Crippen molar-refractivity contribution in [1.82, 2.24) is 15.5 Å². The summed E-state index contributed by atoms with van der Waals surface area (Å²) in [6, 6.07) is 5.83. The molecule has 1 aromatic heterocycles. The van der Waals surface area contributed by atoms with Crippen molar-refractivity contribution < 1.29 is 0 Å². The molecule has 1 aliphatic rings. The zero-order chi connectivity index (χ0) is 14.1. The van der Waals surface area contributed by atoms with E-state index in [2.05, 4.69) is 48.5 Å². The molecule has 5 heteroatoms. The lowest BCUT2D eigenvalue weighted by Crippen LogP contribution is -2.60. The van der Waals surface area contributed by atoms with Gasteiger partial charge in [-0.3, -0.25) is 0 Å². The van der Waals surface area contributed by atoms with Crippen LogP contribution in [0.3, 0.4) is 0 Å². The van der Waals surface area contributed by atoms with Crippen molar-refractivity contribution in [1.29, 1.82) is 5.26 Å². The predicted octanol–water partition coefficient (Wildman–Crippen LogP) is 2.07. The summed E-state index contributed by atoms with van der Waals surface area (Å²) in [5.41, 5.74) is 0.537. The molecule has 0 atom stereocenters. The topological polar surface area (TPSA) is 73.6 Å². The number of rotatable bonds is 2. The van der Waals surface area contributed by atoms with E-state index in [0.29, 0.717) is 11.7 Å². The predicted molar refractivity (Wildman–Crippen MR) is 74.7 cm³/mol. The summed E-state index contributed by atoms with van der Waals surface area (Å²) in [5, 5.41) is 23.7. The molecular formula is C14H21N5. The molecule has 0 saturated carbocycles. The van der Waals surface area contributed by atoms with Crippen LogP contribution in [0.5, 0.6) is 0 Å². The number of nitriles is 1. The Morgan fingerprint density at radius 3 is 2.32 bits per heavy atom. The van der Waals surface area contributed by atoms with Gasteiger partial charge in [0.25, 0.3) is 0 Å². The highest BCUT2D eigenvalue weighted by Gasteiger charge is 2.37. The molecule has 0 amide bonds. The number of aromatic nitrogens is 2. The van der Waals surface area contributed by atoms with Gasteiger partial charge in [-0.1, -0.05) is 0 Å². The van der Waals surface area contributed by atoms with Crippen LogP contribution in [0.4, 0.5) is 5.82 Å². The molecular weight excluding hydrogens is 238 g/mol. The lowest BCUT2D eigenvalue weighted by molar-refractivity contribution is 0.170. The van der Waals surface area contributed by atoms with Gasteiger partial charge in [0, 0.05) is 17.1 Å². The summed E-state index contributed by atoms with van der Waals surface area (Å²) in [6.07, 6.45) is 2.05. The Hall–Kier alpha value is -1.67. The molecule has 0 aromatic carbocycles. The van der Waals surface area contributed by atoms with Crippen molar-refractivity contribution >= 4 is 5.82 Å². The summed E-state index contributed by atoms with van der Waals surface area (Å²) in [7, 11) is 0. The molecule has 2 heterocycles. The second-order valence-corrected chi connectivity index (χ2v) is 6.56. The zero-order valence-electron chi connectivity index (χ0n) is 12.0. The highest BCUT2D eigenvalue weighted by molar-refractivity contribution is 5.37. The highest BCUT2D eigenvalue weighted by Crippen LogP contribution is 2.29. The minimum atomic E-state index is 0.0967. The van der Waals surface area contributed by atoms with Crippen LogP contribution < -0.4 is 10.6 Å². The molecule has 19 heavy (non-hydrogen) atoms. The van der Waals surface area contributed by atoms with E-state index in [9.17, 15) is 0 Å². The Balaban J connectivity index is 2.07. The van der Waals surface area contributed by atoms with Gasteiger partial charge >= 0.3 is 0 Å². The van der Waals surface area contributed by atoms with Gasteiger partial charge in [-0.2, -0.15) is 5.26 Å². The third kappa shape index (κ3) is 3.65. The molecule has 2 rings (SSSR count). The molecule has 0 spiro atoms. The molecule has 0 unspecified atom stereocenters. The van der Waals surface area contributed by atoms with E-state index in [1.807, 2.05) is 12.1 Å². The maximum atomic E-state index is 8.71. The van der Waals surface area contributed by atoms with Crippen molar-refractivity contribution in [3.8, 4) is 6.07 Å². The standard InChI is InChI=1S/C14H21N5/c1-13(2)7-11(8-14(3,4)19-13)16-12-6-5-10(9-15)17-18-12/h5-6,11,19H,7-8H2,1-4H3,(H,16,18). The number of nitrogens with zero attached hydrogens (tertiary/aromatic N) is 3. The first kappa shape index (κ1) is 13.8. The van der Waals surface area contributed by atoms with Crippen LogP contribution in [0, 0.1) is 11.3 Å². The van der Waals surface area contributed by atoms with Crippen LogP contribution in [-0.4, -0.2) is 27.3 Å². The van der Waals surface area contributed by atoms with Crippen molar-refractivity contribution in [2.24, 2.45) is 0 Å². The van der Waals surface area contributed by atoms with Crippen molar-refractivity contribution in [2.45, 2.75) is 57.7 Å². The van der Waals surface area contributed by atoms with Crippen LogP contribution in [0.15, 0.2) is 12.1 Å². The first-order valence-corrected chi connectivity index (χ1v) is 6.59. The summed E-state index contributed by atoms with van der Waals surface area (Å²) >= 11 is 0. The Labute approximate surface area is 114 Å². The number of piperidine rings is 1. The minimum Gasteiger partial charge on any atom is -0.366 e. The summed E-state index contributed by atoms with van der Waals surface area (Å²) < 4.78 is 0. The van der Waals surface area contributed by atoms with E-state index in [1.54, 1.807) is 6.07 Å². The van der Waals surface area contributed by atoms with E-state index < -0.39 is 0 Å². The van der Waals surface area contributed by atoms with E-state index in [0.717, 1.165) is 18.7 Å². The first-order valence-electron chi connectivity index (χ1n) is 6.59. The van der Waals surface area contributed by atoms with E-state index in [4.69, 9.17) is 5.26 Å². The second-order valence-electron chi connectivity index (χ2n) is 6.56. The van der Waals surface area contributed by atoms with Crippen molar-refractivity contribution in [3.63, 3.8) is 0 Å². The molecule has 1 aromatic rings. The molecule has 102 valence electrons. The van der Waals surface area contributed by atoms with Gasteiger partial charge in [0.15, 0.2) is 5.69 Å². The monoisotopic (exact) mass is 259 g/mol. The fourth-order valence-corrected chi connectivity index (χ4v) is 3.10. The van der Waals surface area contributed by atoms with Crippen LogP contribution >= 0.6 is 0 Å². The molecule has 1 saturated heterocycles.